The Bertz CT molecular complexity index is 1420. The molecule has 5 atom stereocenters. The number of hydrogen-bond acceptors (Lipinski definition) is 13. The van der Waals surface area contributed by atoms with Gasteiger partial charge in [-0.3, -0.25) is 23.7 Å². The number of aliphatic imine (C=N–C) groups is 1. The van der Waals surface area contributed by atoms with Gasteiger partial charge in [0.15, 0.2) is 18.2 Å². The van der Waals surface area contributed by atoms with Gasteiger partial charge >= 0.3 is 10.3 Å². The average molecular weight is 598 g/mol. The van der Waals surface area contributed by atoms with Gasteiger partial charge in [-0.2, -0.15) is 13.4 Å². The van der Waals surface area contributed by atoms with Gasteiger partial charge in [-0.1, -0.05) is 12.1 Å². The van der Waals surface area contributed by atoms with E-state index in [1.807, 2.05) is 25.8 Å². The summed E-state index contributed by atoms with van der Waals surface area (Å²) in [5.74, 6) is -0.981. The number of nitrogens with zero attached hydrogens (tertiary/aromatic N) is 6. The summed E-state index contributed by atoms with van der Waals surface area (Å²) >= 11 is 0. The molecule has 0 saturated carbocycles. The number of carbonyl (C=O) groups is 1. The maximum absolute atomic E-state index is 12.4. The number of aliphatic hydroxyl groups is 2. The molecule has 0 aliphatic carbocycles. The second-order valence-electron chi connectivity index (χ2n) is 9.46. The Hall–Kier alpha value is -3.52. The van der Waals surface area contributed by atoms with Crippen LogP contribution in [0.5, 0.6) is 0 Å². The Kier molecular flexibility index (Phi) is 8.73. The van der Waals surface area contributed by atoms with Crippen molar-refractivity contribution in [2.24, 2.45) is 10.7 Å². The van der Waals surface area contributed by atoms with Crippen LogP contribution in [0.15, 0.2) is 35.6 Å². The third-order valence-corrected chi connectivity index (χ3v) is 8.36. The third kappa shape index (κ3) is 5.67. The number of imidazole rings is 1. The number of aliphatic hydroxyl groups excluding tert-OH is 2. The molecular formula is C23H33N8O9S+. The number of aromatic nitrogens is 2. The molecule has 1 saturated heterocycles. The standard InChI is InChI=1S/C23H32N8O9S/c1-4-31(5-2,6-3)29-13-26-21-17(20(29)24)25-12-28(21)23-19(33)18(32)16(40-23)11-39-41(37,38)27-22(34)14-9-7-8-10-15(14)30(35)36/h7-10,12-13,16,18-20,23,32-33H,4-6,11,24H2,1-3H3/p+1/t16-,18?,19?,20?,23-/m1/s1. The summed E-state index contributed by atoms with van der Waals surface area (Å²) in [4.78, 5) is 31.6. The van der Waals surface area contributed by atoms with E-state index in [1.54, 1.807) is 11.1 Å². The van der Waals surface area contributed by atoms with Crippen molar-refractivity contribution in [3.63, 3.8) is 0 Å². The van der Waals surface area contributed by atoms with E-state index < -0.39 is 69.7 Å². The van der Waals surface area contributed by atoms with E-state index in [4.69, 9.17) is 14.7 Å². The van der Waals surface area contributed by atoms with Crippen LogP contribution in [0.4, 0.5) is 11.5 Å². The van der Waals surface area contributed by atoms with E-state index in [9.17, 15) is 33.5 Å². The molecule has 18 heteroatoms. The number of hydrogen-bond donors (Lipinski definition) is 4. The SMILES string of the molecule is CC[N+](CC)(CC)N1C=Nc2c(ncn2[C@@H]2O[C@H](COS(=O)(=O)NC(=O)c3ccccc3[N+](=O)[O-])C(O)C2O)C1N. The molecule has 1 aromatic heterocycles. The first-order valence-electron chi connectivity index (χ1n) is 12.9. The summed E-state index contributed by atoms with van der Waals surface area (Å²) < 4.78 is 38.8. The number of carbonyl (C=O) groups excluding carboxylic acids is 1. The van der Waals surface area contributed by atoms with Gasteiger partial charge in [0, 0.05) is 6.07 Å². The van der Waals surface area contributed by atoms with E-state index in [0.29, 0.717) is 16.1 Å². The summed E-state index contributed by atoms with van der Waals surface area (Å²) in [6.07, 6.45) is -3.34. The van der Waals surface area contributed by atoms with E-state index in [0.717, 1.165) is 31.8 Å². The topological polar surface area (TPSA) is 225 Å². The molecule has 2 aliphatic heterocycles. The van der Waals surface area contributed by atoms with Gasteiger partial charge in [-0.15, -0.1) is 0 Å². The van der Waals surface area contributed by atoms with E-state index in [2.05, 4.69) is 9.98 Å². The summed E-state index contributed by atoms with van der Waals surface area (Å²) in [5.41, 5.74) is 5.87. The number of benzene rings is 1. The fourth-order valence-corrected chi connectivity index (χ4v) is 5.73. The molecule has 2 aromatic rings. The van der Waals surface area contributed by atoms with Gasteiger partial charge in [0.2, 0.25) is 0 Å². The highest BCUT2D eigenvalue weighted by Crippen LogP contribution is 2.38. The maximum Gasteiger partial charge on any atom is 0.362 e. The highest BCUT2D eigenvalue weighted by Gasteiger charge is 2.47. The summed E-state index contributed by atoms with van der Waals surface area (Å²) in [5, 5.41) is 34.3. The molecule has 2 aliphatic rings. The van der Waals surface area contributed by atoms with Gasteiger partial charge in [-0.25, -0.2) is 19.3 Å². The molecule has 41 heavy (non-hydrogen) atoms. The first-order chi connectivity index (χ1) is 19.4. The highest BCUT2D eigenvalue weighted by molar-refractivity contribution is 7.85. The van der Waals surface area contributed by atoms with Crippen LogP contribution < -0.4 is 10.5 Å². The van der Waals surface area contributed by atoms with Gasteiger partial charge < -0.3 is 20.7 Å². The molecule has 1 fully saturated rings. The smallest absolute Gasteiger partial charge is 0.362 e. The molecule has 5 N–H and O–H groups in total. The lowest BCUT2D eigenvalue weighted by molar-refractivity contribution is -1.02. The van der Waals surface area contributed by atoms with Crippen LogP contribution in [0, 0.1) is 10.1 Å². The Morgan fingerprint density at radius 3 is 2.51 bits per heavy atom. The molecule has 3 unspecified atom stereocenters. The van der Waals surface area contributed by atoms with Crippen molar-refractivity contribution in [3.05, 3.63) is 52.0 Å². The molecule has 224 valence electrons. The second kappa shape index (κ2) is 11.8. The number of para-hydroxylation sites is 1. The number of fused-ring (bicyclic) bond motifs is 1. The number of amides is 1. The zero-order chi connectivity index (χ0) is 30.1. The minimum atomic E-state index is -4.78. The van der Waals surface area contributed by atoms with Crippen molar-refractivity contribution >= 4 is 34.1 Å². The highest BCUT2D eigenvalue weighted by atomic mass is 32.2. The molecule has 0 bridgehead atoms. The minimum Gasteiger partial charge on any atom is -0.387 e. The molecule has 0 radical (unpaired) electrons. The number of nitro benzene ring substituents is 1. The first kappa shape index (κ1) is 30.4. The number of ether oxygens (including phenoxy) is 1. The molecule has 1 amide bonds. The van der Waals surface area contributed by atoms with Crippen LogP contribution in [0.3, 0.4) is 0 Å². The lowest BCUT2D eigenvalue weighted by Crippen LogP contribution is -2.62. The fourth-order valence-electron chi connectivity index (χ4n) is 5.02. The van der Waals surface area contributed by atoms with E-state index in [-0.39, 0.29) is 0 Å². The largest absolute Gasteiger partial charge is 0.387 e. The minimum absolute atomic E-state index is 0.303. The first-order valence-corrected chi connectivity index (χ1v) is 14.3. The van der Waals surface area contributed by atoms with Crippen LogP contribution >= 0.6 is 0 Å². The number of nitro groups is 1. The van der Waals surface area contributed by atoms with Crippen molar-refractivity contribution < 1.29 is 41.9 Å². The molecule has 1 aromatic carbocycles. The van der Waals surface area contributed by atoms with E-state index in [1.165, 1.54) is 23.0 Å². The molecular weight excluding hydrogens is 564 g/mol. The van der Waals surface area contributed by atoms with Crippen LogP contribution in [0.2, 0.25) is 0 Å². The summed E-state index contributed by atoms with van der Waals surface area (Å²) in [6.45, 7) is 7.67. The maximum atomic E-state index is 12.4. The average Bonchev–Trinajstić information content (AvgIpc) is 3.50. The van der Waals surface area contributed by atoms with Gasteiger partial charge in [0.05, 0.1) is 37.5 Å². The summed E-state index contributed by atoms with van der Waals surface area (Å²) in [6, 6.07) is 4.78. The number of quaternary nitrogens is 1. The molecule has 4 rings (SSSR count). The molecule has 0 spiro atoms. The van der Waals surface area contributed by atoms with Gasteiger partial charge in [0.1, 0.15) is 35.9 Å². The normalized spacial score (nSPS) is 24.3. The fraction of sp³-hybridized carbons (Fsp3) is 0.522. The third-order valence-electron chi connectivity index (χ3n) is 7.48. The van der Waals surface area contributed by atoms with E-state index >= 15 is 0 Å². The van der Waals surface area contributed by atoms with Crippen molar-refractivity contribution in [1.82, 2.24) is 19.3 Å². The monoisotopic (exact) mass is 597 g/mol. The summed E-state index contributed by atoms with van der Waals surface area (Å²) in [7, 11) is -4.78. The Labute approximate surface area is 235 Å². The number of rotatable bonds is 11. The van der Waals surface area contributed by atoms with Crippen LogP contribution in [-0.2, 0) is 19.2 Å². The molecule has 3 heterocycles. The number of nitrogens with two attached hydrogens (primary N) is 1. The Balaban J connectivity index is 1.45. The van der Waals surface area contributed by atoms with Crippen LogP contribution in [-0.4, -0.2) is 99.5 Å². The molecule has 17 nitrogen and oxygen atoms in total. The Morgan fingerprint density at radius 2 is 1.88 bits per heavy atom. The van der Waals surface area contributed by atoms with Crippen LogP contribution in [0.1, 0.15) is 49.2 Å². The number of nitrogens with one attached hydrogen (secondary N) is 1. The quantitative estimate of drug-likeness (QED) is 0.150. The Morgan fingerprint density at radius 1 is 1.22 bits per heavy atom. The lowest BCUT2D eigenvalue weighted by atomic mass is 10.1. The zero-order valence-electron chi connectivity index (χ0n) is 22.6. The van der Waals surface area contributed by atoms with Gasteiger partial charge in [-0.05, 0) is 26.8 Å². The van der Waals surface area contributed by atoms with Gasteiger partial charge in [0.25, 0.3) is 11.6 Å². The predicted octanol–water partition coefficient (Wildman–Crippen LogP) is -0.174. The van der Waals surface area contributed by atoms with Crippen molar-refractivity contribution in [1.29, 1.82) is 0 Å². The second-order valence-corrected chi connectivity index (χ2v) is 10.8. The zero-order valence-corrected chi connectivity index (χ0v) is 23.4. The van der Waals surface area contributed by atoms with Crippen LogP contribution in [0.25, 0.3) is 0 Å². The van der Waals surface area contributed by atoms with Crippen molar-refractivity contribution in [2.45, 2.75) is 51.5 Å². The van der Waals surface area contributed by atoms with Crippen molar-refractivity contribution in [2.75, 3.05) is 26.2 Å². The van der Waals surface area contributed by atoms with Crippen molar-refractivity contribution in [3.8, 4) is 0 Å². The predicted molar refractivity (Wildman–Crippen MR) is 142 cm³/mol. The lowest BCUT2D eigenvalue weighted by Gasteiger charge is -2.46.